The Morgan fingerprint density at radius 1 is 1.25 bits per heavy atom. The van der Waals surface area contributed by atoms with Gasteiger partial charge in [-0.3, -0.25) is 0 Å². The number of rotatable bonds is 4. The number of likely N-dealkylation sites (N-methyl/N-ethyl adjacent to an activating group) is 1. The van der Waals surface area contributed by atoms with Crippen LogP contribution in [0.1, 0.15) is 20.8 Å². The first-order valence-electron chi connectivity index (χ1n) is 4.18. The number of nitrogens with one attached hydrogen (secondary N) is 1. The fraction of sp³-hybridized carbons (Fsp3) is 0.400. The second kappa shape index (κ2) is 6.53. The molecule has 2 nitrogen and oxygen atoms in total. The summed E-state index contributed by atoms with van der Waals surface area (Å²) in [5.41, 5.74) is 0.762. The van der Waals surface area contributed by atoms with Crippen molar-refractivity contribution in [2.24, 2.45) is 0 Å². The Hall–Kier alpha value is -1.18. The van der Waals surface area contributed by atoms with E-state index in [-0.39, 0.29) is 5.76 Å². The molecule has 0 aromatic carbocycles. The molecule has 0 radical (unpaired) electrons. The van der Waals surface area contributed by atoms with E-state index in [0.29, 0.717) is 0 Å². The van der Waals surface area contributed by atoms with Crippen molar-refractivity contribution >= 4 is 0 Å². The SMILES string of the molecule is C\C=C/C(O)=C(\C=C/C)NCC. The highest BCUT2D eigenvalue weighted by Crippen LogP contribution is 2.01. The van der Waals surface area contributed by atoms with Crippen molar-refractivity contribution in [3.8, 4) is 0 Å². The third-order valence-electron chi connectivity index (χ3n) is 1.30. The molecule has 0 aromatic heterocycles. The van der Waals surface area contributed by atoms with Crippen LogP contribution < -0.4 is 5.32 Å². The smallest absolute Gasteiger partial charge is 0.138 e. The third kappa shape index (κ3) is 3.86. The minimum absolute atomic E-state index is 0.275. The van der Waals surface area contributed by atoms with Gasteiger partial charge in [0.15, 0.2) is 0 Å². The Labute approximate surface area is 74.3 Å². The van der Waals surface area contributed by atoms with Gasteiger partial charge in [-0.05, 0) is 32.9 Å². The van der Waals surface area contributed by atoms with Crippen LogP contribution >= 0.6 is 0 Å². The average molecular weight is 167 g/mol. The summed E-state index contributed by atoms with van der Waals surface area (Å²) in [6.45, 7) is 6.59. The molecule has 0 aliphatic rings. The molecule has 0 spiro atoms. The standard InChI is InChI=1S/C10H17NO/c1-4-7-9(11-6-3)10(12)8-5-2/h4-5,7-8,11-12H,6H2,1-3H3/b7-4-,8-5-,10-9-. The lowest BCUT2D eigenvalue weighted by atomic mass is 10.3. The van der Waals surface area contributed by atoms with Crippen molar-refractivity contribution in [1.29, 1.82) is 0 Å². The van der Waals surface area contributed by atoms with E-state index in [0.717, 1.165) is 12.2 Å². The van der Waals surface area contributed by atoms with Gasteiger partial charge in [0.25, 0.3) is 0 Å². The van der Waals surface area contributed by atoms with Gasteiger partial charge in [-0.2, -0.15) is 0 Å². The van der Waals surface area contributed by atoms with Crippen molar-refractivity contribution in [3.63, 3.8) is 0 Å². The zero-order chi connectivity index (χ0) is 9.40. The van der Waals surface area contributed by atoms with Crippen LogP contribution in [0.5, 0.6) is 0 Å². The molecule has 2 N–H and O–H groups in total. The fourth-order valence-corrected chi connectivity index (χ4v) is 0.840. The number of aliphatic hydroxyl groups is 1. The second-order valence-corrected chi connectivity index (χ2v) is 2.33. The predicted octanol–water partition coefficient (Wildman–Crippen LogP) is 2.52. The molecule has 2 heteroatoms. The molecule has 12 heavy (non-hydrogen) atoms. The molecule has 68 valence electrons. The normalized spacial score (nSPS) is 13.9. The van der Waals surface area contributed by atoms with E-state index in [1.54, 1.807) is 12.2 Å². The second-order valence-electron chi connectivity index (χ2n) is 2.33. The van der Waals surface area contributed by atoms with Gasteiger partial charge >= 0.3 is 0 Å². The molecular weight excluding hydrogens is 150 g/mol. The summed E-state index contributed by atoms with van der Waals surface area (Å²) in [4.78, 5) is 0. The van der Waals surface area contributed by atoms with Gasteiger partial charge < -0.3 is 10.4 Å². The first-order valence-corrected chi connectivity index (χ1v) is 4.18. The summed E-state index contributed by atoms with van der Waals surface area (Å²) in [6.07, 6.45) is 7.20. The van der Waals surface area contributed by atoms with Crippen LogP contribution in [-0.2, 0) is 0 Å². The van der Waals surface area contributed by atoms with E-state index in [9.17, 15) is 5.11 Å². The first kappa shape index (κ1) is 10.8. The van der Waals surface area contributed by atoms with Gasteiger partial charge in [0.05, 0.1) is 5.70 Å². The van der Waals surface area contributed by atoms with Gasteiger partial charge in [-0.15, -0.1) is 0 Å². The maximum absolute atomic E-state index is 9.45. The summed E-state index contributed by atoms with van der Waals surface area (Å²) in [5.74, 6) is 0.275. The van der Waals surface area contributed by atoms with Crippen molar-refractivity contribution < 1.29 is 5.11 Å². The van der Waals surface area contributed by atoms with Crippen LogP contribution in [0.15, 0.2) is 35.8 Å². The van der Waals surface area contributed by atoms with Crippen LogP contribution in [0.2, 0.25) is 0 Å². The molecule has 0 saturated carbocycles. The maximum atomic E-state index is 9.45. The lowest BCUT2D eigenvalue weighted by Gasteiger charge is -2.04. The highest BCUT2D eigenvalue weighted by atomic mass is 16.3. The minimum atomic E-state index is 0.275. The summed E-state index contributed by atoms with van der Waals surface area (Å²) in [6, 6.07) is 0. The van der Waals surface area contributed by atoms with Gasteiger partial charge in [0.2, 0.25) is 0 Å². The molecule has 0 aliphatic carbocycles. The number of allylic oxidation sites excluding steroid dienone is 4. The molecule has 0 unspecified atom stereocenters. The molecule has 0 heterocycles. The van der Waals surface area contributed by atoms with Gasteiger partial charge in [0, 0.05) is 6.54 Å². The molecule has 0 atom stereocenters. The van der Waals surface area contributed by atoms with Crippen LogP contribution in [0.25, 0.3) is 0 Å². The highest BCUT2D eigenvalue weighted by Gasteiger charge is 1.95. The largest absolute Gasteiger partial charge is 0.506 e. The Morgan fingerprint density at radius 3 is 2.25 bits per heavy atom. The van der Waals surface area contributed by atoms with Crippen molar-refractivity contribution in [1.82, 2.24) is 5.32 Å². The molecule has 0 amide bonds. The van der Waals surface area contributed by atoms with E-state index < -0.39 is 0 Å². The molecule has 0 bridgehead atoms. The third-order valence-corrected chi connectivity index (χ3v) is 1.30. The van der Waals surface area contributed by atoms with Gasteiger partial charge in [0.1, 0.15) is 5.76 Å². The van der Waals surface area contributed by atoms with Crippen molar-refractivity contribution in [2.75, 3.05) is 6.54 Å². The molecule has 0 fully saturated rings. The van der Waals surface area contributed by atoms with E-state index in [4.69, 9.17) is 0 Å². The monoisotopic (exact) mass is 167 g/mol. The van der Waals surface area contributed by atoms with Crippen molar-refractivity contribution in [3.05, 3.63) is 35.8 Å². The van der Waals surface area contributed by atoms with Gasteiger partial charge in [-0.25, -0.2) is 0 Å². The van der Waals surface area contributed by atoms with E-state index in [1.165, 1.54) is 0 Å². The topological polar surface area (TPSA) is 32.3 Å². The van der Waals surface area contributed by atoms with Crippen LogP contribution in [0, 0.1) is 0 Å². The summed E-state index contributed by atoms with van der Waals surface area (Å²) >= 11 is 0. The molecular formula is C10H17NO. The first-order chi connectivity index (χ1) is 5.76. The summed E-state index contributed by atoms with van der Waals surface area (Å²) in [5, 5.41) is 12.5. The Balaban J connectivity index is 4.54. The highest BCUT2D eigenvalue weighted by molar-refractivity contribution is 5.26. The Morgan fingerprint density at radius 2 is 1.83 bits per heavy atom. The lowest BCUT2D eigenvalue weighted by molar-refractivity contribution is 0.422. The quantitative estimate of drug-likeness (QED) is 0.498. The zero-order valence-corrected chi connectivity index (χ0v) is 7.96. The van der Waals surface area contributed by atoms with E-state index in [2.05, 4.69) is 5.32 Å². The number of aliphatic hydroxyl groups excluding tert-OH is 1. The molecule has 0 aliphatic heterocycles. The maximum Gasteiger partial charge on any atom is 0.138 e. The van der Waals surface area contributed by atoms with Crippen LogP contribution in [-0.4, -0.2) is 11.7 Å². The molecule has 0 rings (SSSR count). The summed E-state index contributed by atoms with van der Waals surface area (Å²) < 4.78 is 0. The van der Waals surface area contributed by atoms with Crippen LogP contribution in [0.4, 0.5) is 0 Å². The van der Waals surface area contributed by atoms with Crippen molar-refractivity contribution in [2.45, 2.75) is 20.8 Å². The number of hydrogen-bond donors (Lipinski definition) is 2. The minimum Gasteiger partial charge on any atom is -0.506 e. The van der Waals surface area contributed by atoms with Crippen LogP contribution in [0.3, 0.4) is 0 Å². The van der Waals surface area contributed by atoms with E-state index in [1.807, 2.05) is 32.9 Å². The predicted molar refractivity (Wildman–Crippen MR) is 53.0 cm³/mol. The Kier molecular flexibility index (Phi) is 5.88. The number of hydrogen-bond acceptors (Lipinski definition) is 2. The molecule has 0 aromatic rings. The average Bonchev–Trinajstić information content (AvgIpc) is 2.04. The van der Waals surface area contributed by atoms with Gasteiger partial charge in [-0.1, -0.05) is 12.2 Å². The fourth-order valence-electron chi connectivity index (χ4n) is 0.840. The Bertz CT molecular complexity index is 202. The molecule has 0 saturated heterocycles. The van der Waals surface area contributed by atoms with E-state index >= 15 is 0 Å². The summed E-state index contributed by atoms with van der Waals surface area (Å²) in [7, 11) is 0. The zero-order valence-electron chi connectivity index (χ0n) is 7.96. The lowest BCUT2D eigenvalue weighted by Crippen LogP contribution is -2.12.